The zero-order valence-electron chi connectivity index (χ0n) is 11.2. The molecule has 2 rings (SSSR count). The van der Waals surface area contributed by atoms with Crippen LogP contribution in [0.5, 0.6) is 0 Å². The maximum Gasteiger partial charge on any atom is 0.0584 e. The average molecular weight is 246 g/mol. The maximum absolute atomic E-state index is 9.20. The Kier molecular flexibility index (Phi) is 4.39. The lowest BCUT2D eigenvalue weighted by Crippen LogP contribution is -2.31. The first-order chi connectivity index (χ1) is 8.80. The number of rotatable bonds is 6. The topological polar surface area (TPSA) is 37.2 Å². The van der Waals surface area contributed by atoms with Gasteiger partial charge in [-0.3, -0.25) is 0 Å². The summed E-state index contributed by atoms with van der Waals surface area (Å²) in [5, 5.41) is 13.9. The number of aromatic nitrogens is 1. The second-order valence-corrected chi connectivity index (χ2v) is 4.63. The van der Waals surface area contributed by atoms with E-state index in [1.54, 1.807) is 0 Å². The molecule has 18 heavy (non-hydrogen) atoms. The second-order valence-electron chi connectivity index (χ2n) is 4.63. The summed E-state index contributed by atoms with van der Waals surface area (Å²) in [4.78, 5) is 0. The normalized spacial score (nSPS) is 13.1. The van der Waals surface area contributed by atoms with Crippen LogP contribution in [0.2, 0.25) is 0 Å². The Morgan fingerprint density at radius 3 is 2.72 bits per heavy atom. The lowest BCUT2D eigenvalue weighted by atomic mass is 10.1. The van der Waals surface area contributed by atoms with Crippen molar-refractivity contribution in [2.45, 2.75) is 39.4 Å². The molecule has 0 spiro atoms. The van der Waals surface area contributed by atoms with Gasteiger partial charge in [-0.2, -0.15) is 0 Å². The van der Waals surface area contributed by atoms with Gasteiger partial charge in [-0.15, -0.1) is 0 Å². The van der Waals surface area contributed by atoms with Gasteiger partial charge in [-0.25, -0.2) is 0 Å². The molecule has 2 aromatic rings. The molecule has 0 radical (unpaired) electrons. The molecule has 0 aliphatic rings. The van der Waals surface area contributed by atoms with Crippen LogP contribution in [-0.2, 0) is 13.1 Å². The number of aryl methyl sites for hydroxylation is 1. The molecule has 0 amide bonds. The number of aliphatic hydroxyl groups excluding tert-OH is 1. The molecule has 0 unspecified atom stereocenters. The molecule has 0 fully saturated rings. The Bertz CT molecular complexity index is 500. The van der Waals surface area contributed by atoms with Crippen molar-refractivity contribution in [3.8, 4) is 0 Å². The Labute approximate surface area is 108 Å². The van der Waals surface area contributed by atoms with Crippen LogP contribution >= 0.6 is 0 Å². The fraction of sp³-hybridized carbons (Fsp3) is 0.467. The van der Waals surface area contributed by atoms with Gasteiger partial charge in [-0.05, 0) is 25.0 Å². The molecular weight excluding hydrogens is 224 g/mol. The molecule has 3 nitrogen and oxygen atoms in total. The van der Waals surface area contributed by atoms with E-state index in [1.807, 2.05) is 0 Å². The van der Waals surface area contributed by atoms with Crippen LogP contribution in [-0.4, -0.2) is 22.3 Å². The molecule has 0 saturated carbocycles. The summed E-state index contributed by atoms with van der Waals surface area (Å²) in [5.74, 6) is 0. The van der Waals surface area contributed by atoms with E-state index < -0.39 is 0 Å². The molecule has 0 bridgehead atoms. The largest absolute Gasteiger partial charge is 0.395 e. The molecule has 1 heterocycles. The summed E-state index contributed by atoms with van der Waals surface area (Å²) in [7, 11) is 0. The zero-order valence-corrected chi connectivity index (χ0v) is 11.2. The van der Waals surface area contributed by atoms with Gasteiger partial charge in [0.2, 0.25) is 0 Å². The van der Waals surface area contributed by atoms with Crippen LogP contribution < -0.4 is 5.32 Å². The van der Waals surface area contributed by atoms with Gasteiger partial charge in [-0.1, -0.05) is 25.1 Å². The summed E-state index contributed by atoms with van der Waals surface area (Å²) in [6.07, 6.45) is 3.16. The van der Waals surface area contributed by atoms with E-state index in [0.717, 1.165) is 19.5 Å². The molecule has 1 aromatic heterocycles. The Hall–Kier alpha value is -1.32. The van der Waals surface area contributed by atoms with Crippen molar-refractivity contribution >= 4 is 10.9 Å². The molecular formula is C15H22N2O. The van der Waals surface area contributed by atoms with Crippen LogP contribution in [0.1, 0.15) is 25.8 Å². The number of para-hydroxylation sites is 1. The van der Waals surface area contributed by atoms with Gasteiger partial charge < -0.3 is 15.0 Å². The van der Waals surface area contributed by atoms with Gasteiger partial charge in [0.1, 0.15) is 0 Å². The fourth-order valence-electron chi connectivity index (χ4n) is 2.32. The minimum absolute atomic E-state index is 0.189. The van der Waals surface area contributed by atoms with E-state index in [-0.39, 0.29) is 12.6 Å². The predicted octanol–water partition coefficient (Wildman–Crippen LogP) is 2.52. The van der Waals surface area contributed by atoms with Gasteiger partial charge >= 0.3 is 0 Å². The fourth-order valence-corrected chi connectivity index (χ4v) is 2.32. The van der Waals surface area contributed by atoms with Crippen molar-refractivity contribution in [2.24, 2.45) is 0 Å². The van der Waals surface area contributed by atoms with Crippen LogP contribution in [0, 0.1) is 0 Å². The number of benzene rings is 1. The number of hydrogen-bond donors (Lipinski definition) is 2. The van der Waals surface area contributed by atoms with Gasteiger partial charge in [0.25, 0.3) is 0 Å². The van der Waals surface area contributed by atoms with E-state index in [0.29, 0.717) is 0 Å². The van der Waals surface area contributed by atoms with Crippen molar-refractivity contribution in [2.75, 3.05) is 6.61 Å². The number of nitrogens with one attached hydrogen (secondary N) is 1. The third-order valence-corrected chi connectivity index (χ3v) is 3.51. The first-order valence-electron chi connectivity index (χ1n) is 6.71. The smallest absolute Gasteiger partial charge is 0.0584 e. The van der Waals surface area contributed by atoms with Crippen LogP contribution in [0.3, 0.4) is 0 Å². The second kappa shape index (κ2) is 6.03. The van der Waals surface area contributed by atoms with Crippen LogP contribution in [0.15, 0.2) is 30.5 Å². The highest BCUT2D eigenvalue weighted by molar-refractivity contribution is 5.83. The average Bonchev–Trinajstić information content (AvgIpc) is 2.78. The van der Waals surface area contributed by atoms with Crippen molar-refractivity contribution in [1.82, 2.24) is 9.88 Å². The van der Waals surface area contributed by atoms with Crippen LogP contribution in [0.25, 0.3) is 10.9 Å². The van der Waals surface area contributed by atoms with Gasteiger partial charge in [0.05, 0.1) is 6.61 Å². The Morgan fingerprint density at radius 2 is 2.06 bits per heavy atom. The van der Waals surface area contributed by atoms with Crippen molar-refractivity contribution < 1.29 is 5.11 Å². The van der Waals surface area contributed by atoms with Crippen molar-refractivity contribution in [3.05, 3.63) is 36.0 Å². The van der Waals surface area contributed by atoms with Crippen molar-refractivity contribution in [3.63, 3.8) is 0 Å². The quantitative estimate of drug-likeness (QED) is 0.822. The Balaban J connectivity index is 2.22. The predicted molar refractivity (Wildman–Crippen MR) is 75.6 cm³/mol. The lowest BCUT2D eigenvalue weighted by molar-refractivity contribution is 0.238. The summed E-state index contributed by atoms with van der Waals surface area (Å²) in [5.41, 5.74) is 2.59. The molecule has 0 aliphatic carbocycles. The molecule has 1 aromatic carbocycles. The summed E-state index contributed by atoms with van der Waals surface area (Å²) >= 11 is 0. The first-order valence-corrected chi connectivity index (χ1v) is 6.71. The summed E-state index contributed by atoms with van der Waals surface area (Å²) < 4.78 is 2.27. The molecule has 0 saturated heterocycles. The SMILES string of the molecule is CC[C@@H](CO)NCc1cn(CC)c2ccccc12. The highest BCUT2D eigenvalue weighted by Crippen LogP contribution is 2.21. The number of aliphatic hydroxyl groups is 1. The Morgan fingerprint density at radius 1 is 1.28 bits per heavy atom. The number of fused-ring (bicyclic) bond motifs is 1. The standard InChI is InChI=1S/C15H22N2O/c1-3-13(11-18)16-9-12-10-17(4-2)15-8-6-5-7-14(12)15/h5-8,10,13,16,18H,3-4,9,11H2,1-2H3/t13-/m0/s1. The van der Waals surface area contributed by atoms with Gasteiger partial charge in [0.15, 0.2) is 0 Å². The molecule has 3 heteroatoms. The van der Waals surface area contributed by atoms with Crippen LogP contribution in [0.4, 0.5) is 0 Å². The number of nitrogens with zero attached hydrogens (tertiary/aromatic N) is 1. The highest BCUT2D eigenvalue weighted by atomic mass is 16.3. The van der Waals surface area contributed by atoms with E-state index in [2.05, 4.69) is 54.2 Å². The zero-order chi connectivity index (χ0) is 13.0. The van der Waals surface area contributed by atoms with E-state index in [9.17, 15) is 5.11 Å². The monoisotopic (exact) mass is 246 g/mol. The van der Waals surface area contributed by atoms with Gasteiger partial charge in [0, 0.05) is 36.2 Å². The summed E-state index contributed by atoms with van der Waals surface area (Å²) in [6.45, 7) is 6.24. The lowest BCUT2D eigenvalue weighted by Gasteiger charge is -2.13. The third-order valence-electron chi connectivity index (χ3n) is 3.51. The third kappa shape index (κ3) is 2.57. The first kappa shape index (κ1) is 13.1. The minimum Gasteiger partial charge on any atom is -0.395 e. The maximum atomic E-state index is 9.20. The molecule has 0 aliphatic heterocycles. The molecule has 2 N–H and O–H groups in total. The highest BCUT2D eigenvalue weighted by Gasteiger charge is 2.09. The number of hydrogen-bond acceptors (Lipinski definition) is 2. The molecule has 1 atom stereocenters. The van der Waals surface area contributed by atoms with Crippen molar-refractivity contribution in [1.29, 1.82) is 0 Å². The van der Waals surface area contributed by atoms with E-state index >= 15 is 0 Å². The molecule has 98 valence electrons. The minimum atomic E-state index is 0.189. The summed E-state index contributed by atoms with van der Waals surface area (Å²) in [6, 6.07) is 8.67. The van der Waals surface area contributed by atoms with E-state index in [1.165, 1.54) is 16.5 Å². The van der Waals surface area contributed by atoms with E-state index in [4.69, 9.17) is 0 Å².